The standard InChI is InChI=1S/C8H9BrClNO4S2/c1-16(12,13)5-17(14,15)11-6-2-3-7(9)8(10)4-6/h2-4,11H,5H2,1H3. The van der Waals surface area contributed by atoms with Gasteiger partial charge in [0.1, 0.15) is 0 Å². The van der Waals surface area contributed by atoms with Crippen LogP contribution in [0.3, 0.4) is 0 Å². The molecule has 1 N–H and O–H groups in total. The molecule has 0 spiro atoms. The van der Waals surface area contributed by atoms with Gasteiger partial charge >= 0.3 is 0 Å². The summed E-state index contributed by atoms with van der Waals surface area (Å²) < 4.78 is 47.5. The van der Waals surface area contributed by atoms with Crippen LogP contribution >= 0.6 is 27.5 Å². The predicted octanol–water partition coefficient (Wildman–Crippen LogP) is 1.85. The number of anilines is 1. The van der Waals surface area contributed by atoms with Crippen LogP contribution in [-0.2, 0) is 19.9 Å². The third kappa shape index (κ3) is 5.24. The van der Waals surface area contributed by atoms with Crippen molar-refractivity contribution < 1.29 is 16.8 Å². The molecule has 0 unspecified atom stereocenters. The highest BCUT2D eigenvalue weighted by Gasteiger charge is 2.18. The molecule has 0 heterocycles. The Bertz CT molecular complexity index is 627. The van der Waals surface area contributed by atoms with E-state index in [0.717, 1.165) is 6.26 Å². The summed E-state index contributed by atoms with van der Waals surface area (Å²) in [5, 5.41) is -0.641. The minimum Gasteiger partial charge on any atom is -0.283 e. The van der Waals surface area contributed by atoms with Gasteiger partial charge in [-0.2, -0.15) is 0 Å². The van der Waals surface area contributed by atoms with Gasteiger partial charge in [0, 0.05) is 10.7 Å². The fourth-order valence-electron chi connectivity index (χ4n) is 1.05. The molecule has 0 atom stereocenters. The summed E-state index contributed by atoms with van der Waals surface area (Å²) in [6.07, 6.45) is 0.848. The van der Waals surface area contributed by atoms with Crippen LogP contribution in [0.25, 0.3) is 0 Å². The highest BCUT2D eigenvalue weighted by molar-refractivity contribution is 9.10. The molecule has 0 saturated carbocycles. The van der Waals surface area contributed by atoms with Crippen LogP contribution in [0.5, 0.6) is 0 Å². The van der Waals surface area contributed by atoms with Crippen molar-refractivity contribution in [3.05, 3.63) is 27.7 Å². The summed E-state index contributed by atoms with van der Waals surface area (Å²) in [7, 11) is -7.55. The van der Waals surface area contributed by atoms with Gasteiger partial charge in [-0.3, -0.25) is 4.72 Å². The minimum atomic E-state index is -3.93. The molecule has 0 aliphatic carbocycles. The van der Waals surface area contributed by atoms with E-state index in [1.165, 1.54) is 12.1 Å². The van der Waals surface area contributed by atoms with Crippen molar-refractivity contribution >= 4 is 53.1 Å². The Balaban J connectivity index is 2.95. The molecule has 1 rings (SSSR count). The molecule has 5 nitrogen and oxygen atoms in total. The first kappa shape index (κ1) is 14.7. The Morgan fingerprint density at radius 2 is 1.88 bits per heavy atom. The molecule has 1 aromatic rings. The summed E-state index contributed by atoms with van der Waals surface area (Å²) in [4.78, 5) is 0. The van der Waals surface area contributed by atoms with Crippen molar-refractivity contribution in [2.45, 2.75) is 0 Å². The predicted molar refractivity (Wildman–Crippen MR) is 71.4 cm³/mol. The lowest BCUT2D eigenvalue weighted by molar-refractivity contribution is 0.595. The number of benzene rings is 1. The van der Waals surface area contributed by atoms with Gasteiger partial charge in [-0.25, -0.2) is 16.8 Å². The van der Waals surface area contributed by atoms with E-state index in [4.69, 9.17) is 11.6 Å². The van der Waals surface area contributed by atoms with Crippen LogP contribution in [0.2, 0.25) is 5.02 Å². The summed E-state index contributed by atoms with van der Waals surface area (Å²) in [6.45, 7) is 0. The molecule has 0 aliphatic heterocycles. The van der Waals surface area contributed by atoms with Crippen molar-refractivity contribution in [3.8, 4) is 0 Å². The van der Waals surface area contributed by atoms with Gasteiger partial charge in [-0.05, 0) is 34.1 Å². The molecular formula is C8H9BrClNO4S2. The minimum absolute atomic E-state index is 0.210. The van der Waals surface area contributed by atoms with Crippen molar-refractivity contribution in [1.29, 1.82) is 0 Å². The molecule has 9 heteroatoms. The fourth-order valence-corrected chi connectivity index (χ4v) is 4.45. The molecule has 0 amide bonds. The quantitative estimate of drug-likeness (QED) is 0.886. The normalized spacial score (nSPS) is 12.4. The zero-order chi connectivity index (χ0) is 13.3. The molecule has 0 fully saturated rings. The van der Waals surface area contributed by atoms with Crippen LogP contribution in [0.1, 0.15) is 0 Å². The Morgan fingerprint density at radius 1 is 1.29 bits per heavy atom. The third-order valence-corrected chi connectivity index (χ3v) is 6.30. The van der Waals surface area contributed by atoms with Gasteiger partial charge in [-0.1, -0.05) is 11.6 Å². The van der Waals surface area contributed by atoms with E-state index in [9.17, 15) is 16.8 Å². The molecule has 0 bridgehead atoms. The van der Waals surface area contributed by atoms with Gasteiger partial charge in [0.15, 0.2) is 14.9 Å². The van der Waals surface area contributed by atoms with Crippen LogP contribution < -0.4 is 4.72 Å². The van der Waals surface area contributed by atoms with Gasteiger partial charge in [0.25, 0.3) is 0 Å². The van der Waals surface area contributed by atoms with Gasteiger partial charge in [-0.15, -0.1) is 0 Å². The second kappa shape index (κ2) is 5.13. The Morgan fingerprint density at radius 3 is 2.35 bits per heavy atom. The fraction of sp³-hybridized carbons (Fsp3) is 0.250. The lowest BCUT2D eigenvalue weighted by atomic mass is 10.3. The van der Waals surface area contributed by atoms with Gasteiger partial charge in [0.05, 0.1) is 10.7 Å². The lowest BCUT2D eigenvalue weighted by Gasteiger charge is -2.07. The highest BCUT2D eigenvalue weighted by atomic mass is 79.9. The van der Waals surface area contributed by atoms with Crippen molar-refractivity contribution in [3.63, 3.8) is 0 Å². The zero-order valence-corrected chi connectivity index (χ0v) is 12.6. The van der Waals surface area contributed by atoms with E-state index in [-0.39, 0.29) is 5.69 Å². The third-order valence-electron chi connectivity index (χ3n) is 1.56. The number of halogens is 2. The molecule has 0 saturated heterocycles. The van der Waals surface area contributed by atoms with Crippen LogP contribution in [0, 0.1) is 0 Å². The SMILES string of the molecule is CS(=O)(=O)CS(=O)(=O)Nc1ccc(Br)c(Cl)c1. The number of hydrogen-bond acceptors (Lipinski definition) is 4. The monoisotopic (exact) mass is 361 g/mol. The number of sulfone groups is 1. The second-order valence-electron chi connectivity index (χ2n) is 3.39. The van der Waals surface area contributed by atoms with E-state index in [0.29, 0.717) is 9.50 Å². The van der Waals surface area contributed by atoms with E-state index in [2.05, 4.69) is 20.7 Å². The Kier molecular flexibility index (Phi) is 4.45. The Labute approximate surface area is 113 Å². The molecule has 0 aromatic heterocycles. The molecule has 17 heavy (non-hydrogen) atoms. The maximum absolute atomic E-state index is 11.5. The summed E-state index contributed by atoms with van der Waals surface area (Å²) in [6, 6.07) is 4.40. The van der Waals surface area contributed by atoms with Crippen molar-refractivity contribution in [2.24, 2.45) is 0 Å². The first-order chi connectivity index (χ1) is 7.59. The maximum Gasteiger partial charge on any atom is 0.247 e. The molecule has 1 aromatic carbocycles. The summed E-state index contributed by atoms with van der Waals surface area (Å²) in [5.41, 5.74) is 0.210. The van der Waals surface area contributed by atoms with Gasteiger partial charge in [0.2, 0.25) is 10.0 Å². The molecule has 0 radical (unpaired) electrons. The Hall–Kier alpha value is -0.310. The number of nitrogens with one attached hydrogen (secondary N) is 1. The van der Waals surface area contributed by atoms with Crippen molar-refractivity contribution in [1.82, 2.24) is 0 Å². The smallest absolute Gasteiger partial charge is 0.247 e. The number of sulfonamides is 1. The molecule has 0 aliphatic rings. The molecular weight excluding hydrogens is 354 g/mol. The number of hydrogen-bond donors (Lipinski definition) is 1. The summed E-state index contributed by atoms with van der Waals surface area (Å²) in [5.74, 6) is 0. The van der Waals surface area contributed by atoms with Gasteiger partial charge < -0.3 is 0 Å². The van der Waals surface area contributed by atoms with Crippen molar-refractivity contribution in [2.75, 3.05) is 16.1 Å². The largest absolute Gasteiger partial charge is 0.283 e. The first-order valence-corrected chi connectivity index (χ1v) is 9.11. The van der Waals surface area contributed by atoms with E-state index in [1.54, 1.807) is 6.07 Å². The van der Waals surface area contributed by atoms with Crippen LogP contribution in [0.15, 0.2) is 22.7 Å². The van der Waals surface area contributed by atoms with E-state index in [1.807, 2.05) is 0 Å². The average Bonchev–Trinajstić information content (AvgIpc) is 2.06. The molecule has 96 valence electrons. The van der Waals surface area contributed by atoms with Crippen LogP contribution in [-0.4, -0.2) is 28.2 Å². The van der Waals surface area contributed by atoms with Crippen LogP contribution in [0.4, 0.5) is 5.69 Å². The van der Waals surface area contributed by atoms with E-state index >= 15 is 0 Å². The number of rotatable bonds is 4. The average molecular weight is 363 g/mol. The van der Waals surface area contributed by atoms with E-state index < -0.39 is 24.9 Å². The zero-order valence-electron chi connectivity index (χ0n) is 8.64. The topological polar surface area (TPSA) is 80.3 Å². The first-order valence-electron chi connectivity index (χ1n) is 4.22. The second-order valence-corrected chi connectivity index (χ2v) is 8.88. The lowest BCUT2D eigenvalue weighted by Crippen LogP contribution is -2.22. The summed E-state index contributed by atoms with van der Waals surface area (Å²) >= 11 is 8.93. The maximum atomic E-state index is 11.5. The highest BCUT2D eigenvalue weighted by Crippen LogP contribution is 2.26.